The highest BCUT2D eigenvalue weighted by Crippen LogP contribution is 2.35. The third-order valence-corrected chi connectivity index (χ3v) is 6.24. The Balaban J connectivity index is 1.16. The lowest BCUT2D eigenvalue weighted by atomic mass is 9.89. The summed E-state index contributed by atoms with van der Waals surface area (Å²) in [5.41, 5.74) is 2.79. The van der Waals surface area contributed by atoms with Crippen molar-refractivity contribution in [1.82, 2.24) is 15.2 Å². The van der Waals surface area contributed by atoms with E-state index in [0.29, 0.717) is 36.1 Å². The molecule has 3 aromatic rings. The van der Waals surface area contributed by atoms with Gasteiger partial charge < -0.3 is 29.4 Å². The quantitative estimate of drug-likeness (QED) is 0.643. The van der Waals surface area contributed by atoms with E-state index in [0.717, 1.165) is 24.1 Å². The minimum atomic E-state index is -0.306. The van der Waals surface area contributed by atoms with Crippen LogP contribution in [0.2, 0.25) is 0 Å². The fourth-order valence-electron chi connectivity index (χ4n) is 4.43. The fourth-order valence-corrected chi connectivity index (χ4v) is 4.43. The highest BCUT2D eigenvalue weighted by Gasteiger charge is 2.26. The number of hydrogen-bond donors (Lipinski definition) is 2. The number of carbonyl (C=O) groups is 2. The second-order valence-electron chi connectivity index (χ2n) is 8.06. The normalized spacial score (nSPS) is 15.7. The molecule has 3 heterocycles. The monoisotopic (exact) mass is 435 g/mol. The summed E-state index contributed by atoms with van der Waals surface area (Å²) >= 11 is 0. The van der Waals surface area contributed by atoms with Gasteiger partial charge >= 0.3 is 0 Å². The topological polar surface area (TPSA) is 92.9 Å². The van der Waals surface area contributed by atoms with Crippen molar-refractivity contribution in [3.8, 4) is 17.2 Å². The van der Waals surface area contributed by atoms with Gasteiger partial charge in [-0.2, -0.15) is 0 Å². The number of ether oxygens (including phenoxy) is 3. The molecule has 8 heteroatoms. The van der Waals surface area contributed by atoms with Gasteiger partial charge in [-0.05, 0) is 60.7 Å². The Morgan fingerprint density at radius 3 is 2.75 bits per heavy atom. The second kappa shape index (κ2) is 8.45. The summed E-state index contributed by atoms with van der Waals surface area (Å²) in [6.07, 6.45) is 3.83. The summed E-state index contributed by atoms with van der Waals surface area (Å²) in [6.45, 7) is 1.46. The number of aromatic amines is 1. The molecule has 1 saturated heterocycles. The minimum absolute atomic E-state index is 0.0256. The number of carbonyl (C=O) groups excluding carboxylic acids is 2. The van der Waals surface area contributed by atoms with Crippen molar-refractivity contribution in [2.75, 3.05) is 33.5 Å². The maximum Gasteiger partial charge on any atom is 0.251 e. The Morgan fingerprint density at radius 1 is 1.12 bits per heavy atom. The van der Waals surface area contributed by atoms with Crippen LogP contribution in [0.5, 0.6) is 17.2 Å². The summed E-state index contributed by atoms with van der Waals surface area (Å²) in [5, 5.41) is 3.89. The number of rotatable bonds is 5. The minimum Gasteiger partial charge on any atom is -0.497 e. The van der Waals surface area contributed by atoms with Crippen molar-refractivity contribution >= 4 is 22.7 Å². The van der Waals surface area contributed by atoms with E-state index in [1.807, 2.05) is 17.0 Å². The van der Waals surface area contributed by atoms with E-state index in [-0.39, 0.29) is 25.2 Å². The molecule has 8 nitrogen and oxygen atoms in total. The Hall–Kier alpha value is -3.68. The molecule has 0 radical (unpaired) electrons. The summed E-state index contributed by atoms with van der Waals surface area (Å²) in [4.78, 5) is 30.2. The Bertz CT molecular complexity index is 1160. The highest BCUT2D eigenvalue weighted by molar-refractivity contribution is 5.97. The van der Waals surface area contributed by atoms with Crippen LogP contribution in [-0.4, -0.2) is 55.2 Å². The summed E-state index contributed by atoms with van der Waals surface area (Å²) < 4.78 is 15.9. The number of nitrogens with zero attached hydrogens (tertiary/aromatic N) is 1. The molecule has 1 fully saturated rings. The number of likely N-dealkylation sites (tertiary alicyclic amines) is 1. The molecule has 0 bridgehead atoms. The van der Waals surface area contributed by atoms with Crippen LogP contribution in [-0.2, 0) is 4.79 Å². The first-order valence-corrected chi connectivity index (χ1v) is 10.7. The van der Waals surface area contributed by atoms with Crippen molar-refractivity contribution in [3.05, 3.63) is 53.7 Å². The zero-order valence-corrected chi connectivity index (χ0v) is 17.8. The number of amides is 2. The molecule has 1 aromatic heterocycles. The first-order chi connectivity index (χ1) is 15.6. The molecule has 32 heavy (non-hydrogen) atoms. The van der Waals surface area contributed by atoms with Crippen LogP contribution >= 0.6 is 0 Å². The standard InChI is InChI=1S/C24H25N3O5/c1-30-17-3-4-20-18(11-17)19(12-25-20)15-6-8-27(9-7-15)23(28)13-26-24(29)16-2-5-21-22(10-16)32-14-31-21/h2-5,10-12,15,25H,6-9,13-14H2,1H3,(H,26,29). The van der Waals surface area contributed by atoms with Gasteiger partial charge in [-0.1, -0.05) is 0 Å². The maximum absolute atomic E-state index is 12.7. The predicted molar refractivity (Wildman–Crippen MR) is 118 cm³/mol. The number of piperidine rings is 1. The highest BCUT2D eigenvalue weighted by atomic mass is 16.7. The molecule has 0 atom stereocenters. The lowest BCUT2D eigenvalue weighted by molar-refractivity contribution is -0.131. The van der Waals surface area contributed by atoms with E-state index >= 15 is 0 Å². The van der Waals surface area contributed by atoms with Crippen LogP contribution in [0.4, 0.5) is 0 Å². The molecule has 0 unspecified atom stereocenters. The average molecular weight is 435 g/mol. The van der Waals surface area contributed by atoms with Gasteiger partial charge in [0.1, 0.15) is 5.75 Å². The lowest BCUT2D eigenvalue weighted by Gasteiger charge is -2.32. The number of fused-ring (bicyclic) bond motifs is 2. The number of H-pyrrole nitrogens is 1. The summed E-state index contributed by atoms with van der Waals surface area (Å²) in [6, 6.07) is 11.0. The van der Waals surface area contributed by atoms with Crippen molar-refractivity contribution in [3.63, 3.8) is 0 Å². The zero-order chi connectivity index (χ0) is 22.1. The van der Waals surface area contributed by atoms with Gasteiger partial charge in [0, 0.05) is 35.8 Å². The Labute approximate surface area is 185 Å². The van der Waals surface area contributed by atoms with Gasteiger partial charge in [-0.15, -0.1) is 0 Å². The lowest BCUT2D eigenvalue weighted by Crippen LogP contribution is -2.43. The summed E-state index contributed by atoms with van der Waals surface area (Å²) in [5.74, 6) is 2.00. The SMILES string of the molecule is COc1ccc2[nH]cc(C3CCN(C(=O)CNC(=O)c4ccc5c(c4)OCO5)CC3)c2c1. The van der Waals surface area contributed by atoms with E-state index in [4.69, 9.17) is 14.2 Å². The first-order valence-electron chi connectivity index (χ1n) is 10.7. The Morgan fingerprint density at radius 2 is 1.94 bits per heavy atom. The molecule has 2 amide bonds. The molecule has 0 aliphatic carbocycles. The van der Waals surface area contributed by atoms with Gasteiger partial charge in [0.25, 0.3) is 5.91 Å². The maximum atomic E-state index is 12.7. The third kappa shape index (κ3) is 3.84. The number of methoxy groups -OCH3 is 1. The van der Waals surface area contributed by atoms with Crippen molar-refractivity contribution < 1.29 is 23.8 Å². The van der Waals surface area contributed by atoms with Gasteiger partial charge in [0.05, 0.1) is 13.7 Å². The van der Waals surface area contributed by atoms with Crippen LogP contribution < -0.4 is 19.5 Å². The second-order valence-corrected chi connectivity index (χ2v) is 8.06. The van der Waals surface area contributed by atoms with E-state index in [1.54, 1.807) is 25.3 Å². The first kappa shape index (κ1) is 20.2. The van der Waals surface area contributed by atoms with Gasteiger partial charge in [0.2, 0.25) is 12.7 Å². The number of benzene rings is 2. The van der Waals surface area contributed by atoms with Crippen molar-refractivity contribution in [2.24, 2.45) is 0 Å². The van der Waals surface area contributed by atoms with E-state index in [9.17, 15) is 9.59 Å². The molecule has 166 valence electrons. The number of nitrogens with one attached hydrogen (secondary N) is 2. The van der Waals surface area contributed by atoms with E-state index < -0.39 is 0 Å². The summed E-state index contributed by atoms with van der Waals surface area (Å²) in [7, 11) is 1.67. The Kier molecular flexibility index (Phi) is 5.34. The zero-order valence-electron chi connectivity index (χ0n) is 17.8. The van der Waals surface area contributed by atoms with Crippen LogP contribution in [0.15, 0.2) is 42.6 Å². The van der Waals surface area contributed by atoms with Gasteiger partial charge in [0.15, 0.2) is 11.5 Å². The van der Waals surface area contributed by atoms with Gasteiger partial charge in [-0.25, -0.2) is 0 Å². The molecule has 2 aliphatic rings. The predicted octanol–water partition coefficient (Wildman–Crippen LogP) is 3.04. The molecule has 2 aliphatic heterocycles. The average Bonchev–Trinajstić information content (AvgIpc) is 3.48. The van der Waals surface area contributed by atoms with Crippen LogP contribution in [0.1, 0.15) is 34.7 Å². The van der Waals surface area contributed by atoms with E-state index in [1.165, 1.54) is 10.9 Å². The van der Waals surface area contributed by atoms with Crippen LogP contribution in [0, 0.1) is 0 Å². The third-order valence-electron chi connectivity index (χ3n) is 6.24. The van der Waals surface area contributed by atoms with Crippen LogP contribution in [0.3, 0.4) is 0 Å². The van der Waals surface area contributed by atoms with Crippen molar-refractivity contribution in [2.45, 2.75) is 18.8 Å². The molecule has 0 saturated carbocycles. The number of aromatic nitrogens is 1. The van der Waals surface area contributed by atoms with E-state index in [2.05, 4.69) is 22.6 Å². The molecule has 5 rings (SSSR count). The fraction of sp³-hybridized carbons (Fsp3) is 0.333. The molecule has 0 spiro atoms. The molecule has 2 N–H and O–H groups in total. The smallest absolute Gasteiger partial charge is 0.251 e. The van der Waals surface area contributed by atoms with Crippen molar-refractivity contribution in [1.29, 1.82) is 0 Å². The molecule has 2 aromatic carbocycles. The van der Waals surface area contributed by atoms with Crippen LogP contribution in [0.25, 0.3) is 10.9 Å². The molecular formula is C24H25N3O5. The van der Waals surface area contributed by atoms with Gasteiger partial charge in [-0.3, -0.25) is 9.59 Å². The largest absolute Gasteiger partial charge is 0.497 e. The number of hydrogen-bond acceptors (Lipinski definition) is 5. The molecular weight excluding hydrogens is 410 g/mol.